The molecule has 0 spiro atoms. The number of rotatable bonds is 0. The fraction of sp³-hybridized carbons (Fsp3) is 1.00. The van der Waals surface area contributed by atoms with E-state index in [1.165, 1.54) is 0 Å². The second kappa shape index (κ2) is 7.27. The topological polar surface area (TPSA) is 0 Å². The first kappa shape index (κ1) is 17.4. The number of hydrogen-bond donors (Lipinski definition) is 0. The van der Waals surface area contributed by atoms with E-state index in [0.29, 0.717) is 10.3 Å². The predicted molar refractivity (Wildman–Crippen MR) is 65.4 cm³/mol. The molecule has 0 rings (SSSR count). The Morgan fingerprint density at radius 1 is 0.846 bits per heavy atom. The first-order valence-corrected chi connectivity index (χ1v) is 10.4. The van der Waals surface area contributed by atoms with Crippen LogP contribution in [0.1, 0.15) is 41.5 Å². The quantitative estimate of drug-likeness (QED) is 0.405. The zero-order valence-corrected chi connectivity index (χ0v) is 13.8. The molecule has 0 unspecified atom stereocenters. The summed E-state index contributed by atoms with van der Waals surface area (Å²) in [6.45, 7) is 13.3. The van der Waals surface area contributed by atoms with Gasteiger partial charge in [-0.25, -0.2) is 0 Å². The maximum atomic E-state index is 6.33. The van der Waals surface area contributed by atoms with Gasteiger partial charge in [-0.15, -0.1) is 0 Å². The second-order valence-corrected chi connectivity index (χ2v) is 12.0. The van der Waals surface area contributed by atoms with Crippen molar-refractivity contribution in [3.8, 4) is 0 Å². The molecule has 86 valence electrons. The summed E-state index contributed by atoms with van der Waals surface area (Å²) in [5.74, 6) is 0. The summed E-state index contributed by atoms with van der Waals surface area (Å²) < 4.78 is 0. The zero-order chi connectivity index (χ0) is 11.3. The molecule has 0 radical (unpaired) electrons. The van der Waals surface area contributed by atoms with Crippen LogP contribution in [0.2, 0.25) is 0 Å². The van der Waals surface area contributed by atoms with Crippen molar-refractivity contribution in [2.45, 2.75) is 51.9 Å². The average Bonchev–Trinajstić information content (AvgIpc) is 1.84. The molecule has 0 atom stereocenters. The molecule has 0 saturated heterocycles. The minimum absolute atomic E-state index is 0.106. The third-order valence-corrected chi connectivity index (χ3v) is 7.35. The van der Waals surface area contributed by atoms with Crippen LogP contribution in [-0.4, -0.2) is 10.3 Å². The van der Waals surface area contributed by atoms with Crippen LogP contribution in [0.15, 0.2) is 0 Å². The van der Waals surface area contributed by atoms with E-state index in [1.807, 2.05) is 0 Å². The van der Waals surface area contributed by atoms with Crippen molar-refractivity contribution in [1.29, 1.82) is 0 Å². The van der Waals surface area contributed by atoms with Gasteiger partial charge in [0.15, 0.2) is 0 Å². The van der Waals surface area contributed by atoms with Crippen LogP contribution in [0.4, 0.5) is 0 Å². The van der Waals surface area contributed by atoms with Crippen molar-refractivity contribution < 1.29 is 15.9 Å². The molecular weight excluding hydrogens is 340 g/mol. The fourth-order valence-corrected chi connectivity index (χ4v) is 3.38. The maximum absolute atomic E-state index is 6.33. The molecule has 5 heteroatoms. The van der Waals surface area contributed by atoms with Gasteiger partial charge >= 0.3 is 35.0 Å². The molecule has 0 saturated carbocycles. The summed E-state index contributed by atoms with van der Waals surface area (Å²) >= 11 is 6.23. The summed E-state index contributed by atoms with van der Waals surface area (Å²) in [7, 11) is 8.88. The summed E-state index contributed by atoms with van der Waals surface area (Å²) in [6.07, 6.45) is 0. The van der Waals surface area contributed by atoms with Gasteiger partial charge in [-0.1, -0.05) is 0 Å². The zero-order valence-electron chi connectivity index (χ0n) is 8.95. The van der Waals surface area contributed by atoms with Gasteiger partial charge in [-0.05, 0) is 41.5 Å². The Morgan fingerprint density at radius 2 is 1.00 bits per heavy atom. The molecule has 0 fully saturated rings. The van der Waals surface area contributed by atoms with Crippen LogP contribution >= 0.6 is 37.6 Å². The average molecular weight is 359 g/mol. The molecule has 0 aromatic heterocycles. The number of halogens is 3. The van der Waals surface area contributed by atoms with Gasteiger partial charge in [-0.2, -0.15) is 0 Å². The normalized spacial score (nSPS) is 12.8. The van der Waals surface area contributed by atoms with Crippen molar-refractivity contribution in [2.75, 3.05) is 0 Å². The third kappa shape index (κ3) is 10.2. The van der Waals surface area contributed by atoms with Gasteiger partial charge in [-0.3, -0.25) is 0 Å². The van der Waals surface area contributed by atoms with E-state index in [9.17, 15) is 0 Å². The van der Waals surface area contributed by atoms with E-state index in [1.54, 1.807) is 0 Å². The van der Waals surface area contributed by atoms with E-state index >= 15 is 0 Å². The first-order valence-electron chi connectivity index (χ1n) is 3.93. The molecular formula is C8H19Cl3PPd+. The van der Waals surface area contributed by atoms with Crippen LogP contribution in [0.3, 0.4) is 0 Å². The molecule has 0 heterocycles. The van der Waals surface area contributed by atoms with Gasteiger partial charge < -0.3 is 0 Å². The Hall–Kier alpha value is 1.96. The minimum atomic E-state index is -0.748. The van der Waals surface area contributed by atoms with Crippen molar-refractivity contribution in [3.05, 3.63) is 0 Å². The third-order valence-electron chi connectivity index (χ3n) is 1.32. The summed E-state index contributed by atoms with van der Waals surface area (Å²) in [5.41, 5.74) is 0. The van der Waals surface area contributed by atoms with Crippen LogP contribution in [0.25, 0.3) is 0 Å². The van der Waals surface area contributed by atoms with Crippen molar-refractivity contribution in [1.82, 2.24) is 0 Å². The van der Waals surface area contributed by atoms with Crippen molar-refractivity contribution in [3.63, 3.8) is 0 Å². The second-order valence-electron chi connectivity index (χ2n) is 4.86. The molecule has 0 aliphatic heterocycles. The van der Waals surface area contributed by atoms with E-state index in [-0.39, 0.29) is 15.9 Å². The molecule has 0 amide bonds. The fourth-order valence-electron chi connectivity index (χ4n) is 1.12. The molecule has 0 nitrogen and oxygen atoms in total. The Kier molecular flexibility index (Phi) is 9.71. The Bertz CT molecular complexity index is 114. The molecule has 0 bridgehead atoms. The number of hydrogen-bond acceptors (Lipinski definition) is 0. The van der Waals surface area contributed by atoms with E-state index in [0.717, 1.165) is 0 Å². The predicted octanol–water partition coefficient (Wildman–Crippen LogP) is 5.33. The molecule has 0 aromatic carbocycles. The van der Waals surface area contributed by atoms with Gasteiger partial charge in [0.1, 0.15) is 7.27 Å². The van der Waals surface area contributed by atoms with Gasteiger partial charge in [0, 0.05) is 0 Å². The summed E-state index contributed by atoms with van der Waals surface area (Å²) in [6, 6.07) is 0. The monoisotopic (exact) mass is 357 g/mol. The summed E-state index contributed by atoms with van der Waals surface area (Å²) in [5, 5.41) is 0.620. The standard InChI is InChI=1S/C8H18ClP.2ClH.Pd/c1-7(2,3)10(9)8(4,5)6;;;/h1-6H3;2*1H;/q;;;+2/p-1. The van der Waals surface area contributed by atoms with Crippen LogP contribution in [0, 0.1) is 0 Å². The Balaban J connectivity index is 0. The first-order chi connectivity index (χ1) is 5.57. The van der Waals surface area contributed by atoms with Crippen molar-refractivity contribution >= 4 is 37.6 Å². The molecule has 0 aliphatic carbocycles. The van der Waals surface area contributed by atoms with E-state index in [4.69, 9.17) is 30.3 Å². The van der Waals surface area contributed by atoms with Crippen LogP contribution in [-0.2, 0) is 15.9 Å². The van der Waals surface area contributed by atoms with E-state index in [2.05, 4.69) is 41.5 Å². The van der Waals surface area contributed by atoms with Gasteiger partial charge in [0.05, 0.1) is 21.6 Å². The van der Waals surface area contributed by atoms with E-state index < -0.39 is 7.27 Å². The Labute approximate surface area is 105 Å². The molecule has 0 aliphatic rings. The molecule has 0 N–H and O–H groups in total. The Morgan fingerprint density at radius 3 is 1.00 bits per heavy atom. The van der Waals surface area contributed by atoms with Crippen LogP contribution < -0.4 is 0 Å². The van der Waals surface area contributed by atoms with Crippen LogP contribution in [0.5, 0.6) is 0 Å². The molecule has 0 aromatic rings. The van der Waals surface area contributed by atoms with Gasteiger partial charge in [0.2, 0.25) is 0 Å². The van der Waals surface area contributed by atoms with Crippen molar-refractivity contribution in [2.24, 2.45) is 0 Å². The SMILES string of the molecule is CC(C)(C)[PH+](Cl)C(C)(C)C.[Cl][Pd][Cl]. The van der Waals surface area contributed by atoms with Gasteiger partial charge in [0.25, 0.3) is 0 Å². The summed E-state index contributed by atoms with van der Waals surface area (Å²) in [4.78, 5) is 0. The molecule has 13 heavy (non-hydrogen) atoms.